The number of methoxy groups -OCH3 is 1. The van der Waals surface area contributed by atoms with Gasteiger partial charge in [0, 0.05) is 23.8 Å². The minimum Gasteiger partial charge on any atom is -0.384 e. The van der Waals surface area contributed by atoms with Crippen LogP contribution in [0.4, 0.5) is 5.69 Å². The minimum absolute atomic E-state index is 0.0706. The predicted molar refractivity (Wildman–Crippen MR) is 73.2 cm³/mol. The lowest BCUT2D eigenvalue weighted by Crippen LogP contribution is -2.20. The topological polar surface area (TPSA) is 55.4 Å². The molecule has 0 unspecified atom stereocenters. The molecule has 0 heterocycles. The van der Waals surface area contributed by atoms with Crippen LogP contribution >= 0.6 is 15.9 Å². The number of hydrogen-bond acceptors (Lipinski definition) is 4. The van der Waals surface area contributed by atoms with Crippen molar-refractivity contribution < 1.29 is 13.2 Å². The summed E-state index contributed by atoms with van der Waals surface area (Å²) in [7, 11) is -1.53. The summed E-state index contributed by atoms with van der Waals surface area (Å²) in [4.78, 5) is 0. The summed E-state index contributed by atoms with van der Waals surface area (Å²) in [6.45, 7) is 0.645. The Labute approximate surface area is 110 Å². The molecule has 17 heavy (non-hydrogen) atoms. The van der Waals surface area contributed by atoms with Crippen LogP contribution < -0.4 is 5.32 Å². The predicted octanol–water partition coefficient (Wildman–Crippen LogP) is 1.92. The highest BCUT2D eigenvalue weighted by molar-refractivity contribution is 9.10. The fraction of sp³-hybridized carbons (Fsp3) is 0.455. The highest BCUT2D eigenvalue weighted by Gasteiger charge is 2.10. The van der Waals surface area contributed by atoms with Crippen LogP contribution in [-0.2, 0) is 14.6 Å². The van der Waals surface area contributed by atoms with Crippen molar-refractivity contribution in [2.45, 2.75) is 0 Å². The first-order chi connectivity index (χ1) is 8.05. The fourth-order valence-corrected chi connectivity index (χ4v) is 2.72. The first-order valence-corrected chi connectivity index (χ1v) is 7.84. The van der Waals surface area contributed by atoms with Gasteiger partial charge in [-0.15, -0.1) is 0 Å². The number of ether oxygens (including phenoxy) is 1. The largest absolute Gasteiger partial charge is 0.384 e. The number of rotatable bonds is 7. The molecule has 0 spiro atoms. The van der Waals surface area contributed by atoms with Gasteiger partial charge in [-0.05, 0) is 28.1 Å². The lowest BCUT2D eigenvalue weighted by Gasteiger charge is -2.08. The second-order valence-electron chi connectivity index (χ2n) is 3.55. The molecule has 0 fully saturated rings. The fourth-order valence-electron chi connectivity index (χ4n) is 1.26. The van der Waals surface area contributed by atoms with Crippen molar-refractivity contribution in [3.8, 4) is 0 Å². The number of halogens is 1. The molecule has 0 aliphatic carbocycles. The molecule has 4 nitrogen and oxygen atoms in total. The minimum atomic E-state index is -3.03. The van der Waals surface area contributed by atoms with Crippen molar-refractivity contribution in [3.05, 3.63) is 28.7 Å². The van der Waals surface area contributed by atoms with Crippen molar-refractivity contribution in [3.63, 3.8) is 0 Å². The van der Waals surface area contributed by atoms with Crippen LogP contribution in [0.25, 0.3) is 0 Å². The van der Waals surface area contributed by atoms with Crippen molar-refractivity contribution >= 4 is 31.5 Å². The molecule has 0 aliphatic heterocycles. The number of anilines is 1. The Bertz CT molecular complexity index is 448. The first-order valence-electron chi connectivity index (χ1n) is 5.23. The van der Waals surface area contributed by atoms with Gasteiger partial charge >= 0.3 is 0 Å². The van der Waals surface area contributed by atoms with Crippen molar-refractivity contribution in [2.24, 2.45) is 0 Å². The SMILES string of the molecule is COCCS(=O)(=O)CCNc1ccccc1Br. The third-order valence-corrected chi connectivity index (χ3v) is 4.51. The first kappa shape index (κ1) is 14.5. The number of para-hydroxylation sites is 1. The van der Waals surface area contributed by atoms with Crippen LogP contribution in [0, 0.1) is 0 Å². The molecule has 1 aromatic carbocycles. The van der Waals surface area contributed by atoms with Gasteiger partial charge in [0.25, 0.3) is 0 Å². The number of benzene rings is 1. The van der Waals surface area contributed by atoms with E-state index in [0.717, 1.165) is 10.2 Å². The number of nitrogens with one attached hydrogen (secondary N) is 1. The molecule has 0 aromatic heterocycles. The van der Waals surface area contributed by atoms with Crippen molar-refractivity contribution in [1.82, 2.24) is 0 Å². The van der Waals surface area contributed by atoms with Crippen LogP contribution in [-0.4, -0.2) is 40.2 Å². The smallest absolute Gasteiger partial charge is 0.154 e. The molecule has 0 bridgehead atoms. The van der Waals surface area contributed by atoms with E-state index in [1.54, 1.807) is 0 Å². The van der Waals surface area contributed by atoms with Gasteiger partial charge < -0.3 is 10.1 Å². The van der Waals surface area contributed by atoms with E-state index in [-0.39, 0.29) is 18.1 Å². The highest BCUT2D eigenvalue weighted by Crippen LogP contribution is 2.20. The molecule has 0 saturated heterocycles. The Kier molecular flexibility index (Phi) is 5.94. The van der Waals surface area contributed by atoms with Gasteiger partial charge in [-0.3, -0.25) is 0 Å². The van der Waals surface area contributed by atoms with E-state index in [1.807, 2.05) is 24.3 Å². The Morgan fingerprint density at radius 1 is 1.29 bits per heavy atom. The van der Waals surface area contributed by atoms with Gasteiger partial charge in [-0.25, -0.2) is 8.42 Å². The second-order valence-corrected chi connectivity index (χ2v) is 6.71. The van der Waals surface area contributed by atoms with E-state index in [4.69, 9.17) is 4.74 Å². The van der Waals surface area contributed by atoms with E-state index in [1.165, 1.54) is 7.11 Å². The lowest BCUT2D eigenvalue weighted by molar-refractivity contribution is 0.217. The summed E-state index contributed by atoms with van der Waals surface area (Å²) < 4.78 is 28.7. The second kappa shape index (κ2) is 6.98. The van der Waals surface area contributed by atoms with E-state index >= 15 is 0 Å². The van der Waals surface area contributed by atoms with Crippen LogP contribution in [0.1, 0.15) is 0 Å². The zero-order valence-corrected chi connectivity index (χ0v) is 12.1. The Morgan fingerprint density at radius 2 is 2.00 bits per heavy atom. The lowest BCUT2D eigenvalue weighted by atomic mass is 10.3. The maximum absolute atomic E-state index is 11.5. The third kappa shape index (κ3) is 5.52. The average Bonchev–Trinajstić information content (AvgIpc) is 2.29. The van der Waals surface area contributed by atoms with Gasteiger partial charge in [-0.1, -0.05) is 12.1 Å². The van der Waals surface area contributed by atoms with E-state index in [9.17, 15) is 8.42 Å². The standard InChI is InChI=1S/C11H16BrNO3S/c1-16-7-9-17(14,15)8-6-13-11-5-3-2-4-10(11)12/h2-5,13H,6-9H2,1H3. The summed E-state index contributed by atoms with van der Waals surface area (Å²) >= 11 is 3.39. The summed E-state index contributed by atoms with van der Waals surface area (Å²) in [6.07, 6.45) is 0. The van der Waals surface area contributed by atoms with Crippen molar-refractivity contribution in [1.29, 1.82) is 0 Å². The molecule has 1 rings (SSSR count). The molecule has 0 radical (unpaired) electrons. The van der Waals surface area contributed by atoms with Crippen LogP contribution in [0.15, 0.2) is 28.7 Å². The molecule has 1 N–H and O–H groups in total. The van der Waals surface area contributed by atoms with Crippen LogP contribution in [0.2, 0.25) is 0 Å². The third-order valence-electron chi connectivity index (χ3n) is 2.20. The molecule has 0 saturated carbocycles. The average molecular weight is 322 g/mol. The molecular weight excluding hydrogens is 306 g/mol. The molecule has 0 amide bonds. The molecule has 6 heteroatoms. The zero-order chi connectivity index (χ0) is 12.7. The van der Waals surface area contributed by atoms with Gasteiger partial charge in [-0.2, -0.15) is 0 Å². The molecular formula is C11H16BrNO3S. The van der Waals surface area contributed by atoms with Gasteiger partial charge in [0.1, 0.15) is 0 Å². The van der Waals surface area contributed by atoms with Gasteiger partial charge in [0.15, 0.2) is 9.84 Å². The monoisotopic (exact) mass is 321 g/mol. The van der Waals surface area contributed by atoms with E-state index in [0.29, 0.717) is 6.54 Å². The number of sulfone groups is 1. The normalized spacial score (nSPS) is 11.4. The quantitative estimate of drug-likeness (QED) is 0.833. The van der Waals surface area contributed by atoms with Crippen LogP contribution in [0.3, 0.4) is 0 Å². The zero-order valence-electron chi connectivity index (χ0n) is 9.65. The molecule has 1 aromatic rings. The highest BCUT2D eigenvalue weighted by atomic mass is 79.9. The summed E-state index contributed by atoms with van der Waals surface area (Å²) in [6, 6.07) is 7.60. The summed E-state index contributed by atoms with van der Waals surface area (Å²) in [5.41, 5.74) is 0.898. The van der Waals surface area contributed by atoms with E-state index in [2.05, 4.69) is 21.2 Å². The Hall–Kier alpha value is -0.590. The van der Waals surface area contributed by atoms with Gasteiger partial charge in [0.05, 0.1) is 18.1 Å². The van der Waals surface area contributed by atoms with Crippen LogP contribution in [0.5, 0.6) is 0 Å². The van der Waals surface area contributed by atoms with Gasteiger partial charge in [0.2, 0.25) is 0 Å². The maximum Gasteiger partial charge on any atom is 0.154 e. The van der Waals surface area contributed by atoms with Crippen molar-refractivity contribution in [2.75, 3.05) is 37.1 Å². The van der Waals surface area contributed by atoms with E-state index < -0.39 is 9.84 Å². The molecule has 0 atom stereocenters. The molecule has 96 valence electrons. The number of hydrogen-bond donors (Lipinski definition) is 1. The summed E-state index contributed by atoms with van der Waals surface area (Å²) in [5.74, 6) is 0.179. The Balaban J connectivity index is 2.40. The Morgan fingerprint density at radius 3 is 2.65 bits per heavy atom. The molecule has 0 aliphatic rings. The maximum atomic E-state index is 11.5. The summed E-state index contributed by atoms with van der Waals surface area (Å²) in [5, 5.41) is 3.08.